The van der Waals surface area contributed by atoms with E-state index in [1.165, 1.54) is 6.07 Å². The number of benzene rings is 2. The predicted octanol–water partition coefficient (Wildman–Crippen LogP) is 3.40. The van der Waals surface area contributed by atoms with Crippen LogP contribution in [0.3, 0.4) is 0 Å². The van der Waals surface area contributed by atoms with Gasteiger partial charge in [0.05, 0.1) is 0 Å². The van der Waals surface area contributed by atoms with Gasteiger partial charge in [-0.2, -0.15) is 0 Å². The number of rotatable bonds is 3. The number of nitrogens with zero attached hydrogens (tertiary/aromatic N) is 2. The van der Waals surface area contributed by atoms with Gasteiger partial charge in [-0.3, -0.25) is 10.1 Å². The zero-order chi connectivity index (χ0) is 18.1. The third-order valence-electron chi connectivity index (χ3n) is 3.80. The molecule has 0 radical (unpaired) electrons. The largest absolute Gasteiger partial charge is 0.422 e. The van der Waals surface area contributed by atoms with E-state index in [2.05, 4.69) is 15.5 Å². The van der Waals surface area contributed by atoms with Gasteiger partial charge < -0.3 is 8.83 Å². The highest BCUT2D eigenvalue weighted by atomic mass is 16.4. The number of fused-ring (bicyclic) bond motifs is 1. The minimum Gasteiger partial charge on any atom is -0.422 e. The molecule has 7 heteroatoms. The second kappa shape index (κ2) is 6.29. The fourth-order valence-electron chi connectivity index (χ4n) is 2.55. The van der Waals surface area contributed by atoms with Crippen LogP contribution in [0, 0.1) is 6.92 Å². The average Bonchev–Trinajstić information content (AvgIpc) is 3.09. The van der Waals surface area contributed by atoms with E-state index < -0.39 is 11.5 Å². The lowest BCUT2D eigenvalue weighted by Crippen LogP contribution is -2.20. The summed E-state index contributed by atoms with van der Waals surface area (Å²) in [6.45, 7) is 1.95. The van der Waals surface area contributed by atoms with Gasteiger partial charge in [-0.1, -0.05) is 41.0 Å². The summed E-state index contributed by atoms with van der Waals surface area (Å²) in [4.78, 5) is 24.4. The molecule has 1 N–H and O–H groups in total. The van der Waals surface area contributed by atoms with Gasteiger partial charge in [0.25, 0.3) is 5.91 Å². The number of amides is 1. The first-order valence-electron chi connectivity index (χ1n) is 7.85. The van der Waals surface area contributed by atoms with Crippen molar-refractivity contribution in [1.82, 2.24) is 10.2 Å². The summed E-state index contributed by atoms with van der Waals surface area (Å²) in [5.74, 6) is -0.404. The highest BCUT2D eigenvalue weighted by Gasteiger charge is 2.17. The number of hydrogen-bond donors (Lipinski definition) is 1. The smallest absolute Gasteiger partial charge is 0.349 e. The third-order valence-corrected chi connectivity index (χ3v) is 3.80. The molecule has 0 saturated heterocycles. The number of aryl methyl sites for hydroxylation is 1. The Morgan fingerprint density at radius 2 is 1.85 bits per heavy atom. The van der Waals surface area contributed by atoms with Crippen LogP contribution in [-0.2, 0) is 0 Å². The monoisotopic (exact) mass is 347 g/mol. The van der Waals surface area contributed by atoms with Crippen molar-refractivity contribution in [3.05, 3.63) is 76.1 Å². The standard InChI is InChI=1S/C19H13N3O4/c1-11-5-4-7-13(9-11)17-21-22-19(26-17)20-16(23)14-10-12-6-2-3-8-15(12)25-18(14)24/h2-10H,1H3,(H,20,22,23). The van der Waals surface area contributed by atoms with Crippen molar-refractivity contribution < 1.29 is 13.6 Å². The van der Waals surface area contributed by atoms with Crippen LogP contribution in [0.25, 0.3) is 22.4 Å². The SMILES string of the molecule is Cc1cccc(-c2nnc(NC(=O)c3cc4ccccc4oc3=O)o2)c1. The van der Waals surface area contributed by atoms with Gasteiger partial charge in [-0.25, -0.2) is 4.79 Å². The predicted molar refractivity (Wildman–Crippen MR) is 94.9 cm³/mol. The molecule has 0 bridgehead atoms. The van der Waals surface area contributed by atoms with Crippen LogP contribution in [-0.4, -0.2) is 16.1 Å². The van der Waals surface area contributed by atoms with Gasteiger partial charge >= 0.3 is 11.6 Å². The van der Waals surface area contributed by atoms with Crippen molar-refractivity contribution in [2.45, 2.75) is 6.92 Å². The minimum absolute atomic E-state index is 0.0981. The van der Waals surface area contributed by atoms with Gasteiger partial charge in [0, 0.05) is 10.9 Å². The molecule has 0 unspecified atom stereocenters. The van der Waals surface area contributed by atoms with Gasteiger partial charge in [-0.05, 0) is 31.2 Å². The molecule has 0 saturated carbocycles. The number of nitrogens with one attached hydrogen (secondary N) is 1. The van der Waals surface area contributed by atoms with Crippen LogP contribution >= 0.6 is 0 Å². The van der Waals surface area contributed by atoms with Crippen molar-refractivity contribution in [2.24, 2.45) is 0 Å². The first-order valence-corrected chi connectivity index (χ1v) is 7.85. The zero-order valence-corrected chi connectivity index (χ0v) is 13.7. The van der Waals surface area contributed by atoms with E-state index in [1.54, 1.807) is 24.3 Å². The van der Waals surface area contributed by atoms with E-state index in [1.807, 2.05) is 31.2 Å². The number of carbonyl (C=O) groups is 1. The molecule has 26 heavy (non-hydrogen) atoms. The second-order valence-corrected chi connectivity index (χ2v) is 5.72. The summed E-state index contributed by atoms with van der Waals surface area (Å²) in [5.41, 5.74) is 1.32. The minimum atomic E-state index is -0.736. The fraction of sp³-hybridized carbons (Fsp3) is 0.0526. The molecule has 2 heterocycles. The molecule has 7 nitrogen and oxygen atoms in total. The zero-order valence-electron chi connectivity index (χ0n) is 13.7. The van der Waals surface area contributed by atoms with Crippen LogP contribution in [0.5, 0.6) is 0 Å². The summed E-state index contributed by atoms with van der Waals surface area (Å²) < 4.78 is 10.6. The van der Waals surface area contributed by atoms with Crippen molar-refractivity contribution >= 4 is 22.9 Å². The Kier molecular flexibility index (Phi) is 3.81. The third kappa shape index (κ3) is 2.98. The maximum atomic E-state index is 12.4. The molecular formula is C19H13N3O4. The van der Waals surface area contributed by atoms with Gasteiger partial charge in [0.1, 0.15) is 11.1 Å². The van der Waals surface area contributed by atoms with E-state index >= 15 is 0 Å². The van der Waals surface area contributed by atoms with Crippen LogP contribution in [0.4, 0.5) is 6.01 Å². The Hall–Kier alpha value is -3.74. The number of aromatic nitrogens is 2. The Labute approximate surface area is 147 Å². The molecule has 2 aromatic heterocycles. The molecule has 2 aromatic carbocycles. The van der Waals surface area contributed by atoms with E-state index in [9.17, 15) is 9.59 Å². The highest BCUT2D eigenvalue weighted by molar-refractivity contribution is 6.04. The Morgan fingerprint density at radius 1 is 1.00 bits per heavy atom. The normalized spacial score (nSPS) is 10.8. The highest BCUT2D eigenvalue weighted by Crippen LogP contribution is 2.21. The Bertz CT molecular complexity index is 1180. The van der Waals surface area contributed by atoms with E-state index in [0.717, 1.165) is 11.1 Å². The molecule has 128 valence electrons. The number of carbonyl (C=O) groups excluding carboxylic acids is 1. The van der Waals surface area contributed by atoms with E-state index in [0.29, 0.717) is 11.0 Å². The lowest BCUT2D eigenvalue weighted by Gasteiger charge is -2.01. The van der Waals surface area contributed by atoms with Gasteiger partial charge in [0.15, 0.2) is 0 Å². The number of para-hydroxylation sites is 1. The molecule has 4 aromatic rings. The topological polar surface area (TPSA) is 98.2 Å². The maximum absolute atomic E-state index is 12.4. The fourth-order valence-corrected chi connectivity index (χ4v) is 2.55. The average molecular weight is 347 g/mol. The molecule has 0 aliphatic heterocycles. The van der Waals surface area contributed by atoms with E-state index in [-0.39, 0.29) is 17.5 Å². The number of anilines is 1. The molecule has 0 spiro atoms. The molecule has 0 atom stereocenters. The second-order valence-electron chi connectivity index (χ2n) is 5.72. The van der Waals surface area contributed by atoms with Crippen LogP contribution in [0.15, 0.2) is 68.2 Å². The van der Waals surface area contributed by atoms with Crippen molar-refractivity contribution in [2.75, 3.05) is 5.32 Å². The summed E-state index contributed by atoms with van der Waals surface area (Å²) in [6.07, 6.45) is 0. The molecule has 4 rings (SSSR count). The molecule has 0 aliphatic carbocycles. The first-order chi connectivity index (χ1) is 12.6. The summed E-state index contributed by atoms with van der Waals surface area (Å²) in [6, 6.07) is 15.8. The van der Waals surface area contributed by atoms with Gasteiger partial charge in [-0.15, -0.1) is 5.10 Å². The lowest BCUT2D eigenvalue weighted by atomic mass is 10.1. The lowest BCUT2D eigenvalue weighted by molar-refractivity contribution is 0.102. The number of hydrogen-bond acceptors (Lipinski definition) is 6. The van der Waals surface area contributed by atoms with Crippen molar-refractivity contribution in [3.63, 3.8) is 0 Å². The molecule has 1 amide bonds. The van der Waals surface area contributed by atoms with Crippen LogP contribution in [0.2, 0.25) is 0 Å². The molecule has 0 aliphatic rings. The van der Waals surface area contributed by atoms with Crippen LogP contribution < -0.4 is 10.9 Å². The maximum Gasteiger partial charge on any atom is 0.349 e. The van der Waals surface area contributed by atoms with Crippen molar-refractivity contribution in [3.8, 4) is 11.5 Å². The Balaban J connectivity index is 1.61. The van der Waals surface area contributed by atoms with Gasteiger partial charge in [0.2, 0.25) is 5.89 Å². The van der Waals surface area contributed by atoms with E-state index in [4.69, 9.17) is 8.83 Å². The quantitative estimate of drug-likeness (QED) is 0.570. The summed E-state index contributed by atoms with van der Waals surface area (Å²) in [5, 5.41) is 10.8. The Morgan fingerprint density at radius 3 is 2.69 bits per heavy atom. The molecular weight excluding hydrogens is 334 g/mol. The summed E-state index contributed by atoms with van der Waals surface area (Å²) in [7, 11) is 0. The first kappa shape index (κ1) is 15.8. The van der Waals surface area contributed by atoms with Crippen LogP contribution in [0.1, 0.15) is 15.9 Å². The van der Waals surface area contributed by atoms with Crippen molar-refractivity contribution in [1.29, 1.82) is 0 Å². The molecule has 0 fully saturated rings. The summed E-state index contributed by atoms with van der Waals surface area (Å²) >= 11 is 0.